The van der Waals surface area contributed by atoms with Crippen LogP contribution in [0.15, 0.2) is 0 Å². The Labute approximate surface area is 49.6 Å². The first-order chi connectivity index (χ1) is 2.64. The van der Waals surface area contributed by atoms with Crippen LogP contribution in [0.2, 0.25) is 0 Å². The van der Waals surface area contributed by atoms with Crippen LogP contribution in [0.5, 0.6) is 0 Å². The van der Waals surface area contributed by atoms with Crippen LogP contribution in [0.4, 0.5) is 0 Å². The third-order valence-corrected chi connectivity index (χ3v) is 0.781. The predicted octanol–water partition coefficient (Wildman–Crippen LogP) is 0.956. The minimum atomic E-state index is -0.345. The number of hydroxylamine groups is 2. The van der Waals surface area contributed by atoms with Gasteiger partial charge in [0, 0.05) is 0 Å². The maximum Gasteiger partial charge on any atom is 0.0703 e. The van der Waals surface area contributed by atoms with Crippen LogP contribution >= 0.6 is 22.6 Å². The average Bonchev–Trinajstić information content (AvgIpc) is 1.36. The lowest BCUT2D eigenvalue weighted by Crippen LogP contribution is -2.15. The normalized spacial score (nSPS) is 15.5. The van der Waals surface area contributed by atoms with Crippen molar-refractivity contribution in [2.45, 2.75) is 11.0 Å². The van der Waals surface area contributed by atoms with Crippen molar-refractivity contribution in [3.8, 4) is 0 Å². The van der Waals surface area contributed by atoms with Gasteiger partial charge in [0.2, 0.25) is 0 Å². The number of alkyl halides is 1. The van der Waals surface area contributed by atoms with Gasteiger partial charge in [-0.15, -0.1) is 0 Å². The molecule has 1 N–H and O–H groups in total. The van der Waals surface area contributed by atoms with Gasteiger partial charge >= 0.3 is 0 Å². The van der Waals surface area contributed by atoms with E-state index < -0.39 is 0 Å². The van der Waals surface area contributed by atoms with Gasteiger partial charge in [-0.25, -0.2) is 0 Å². The number of nitrogens with zero attached hydrogens (tertiary/aromatic N) is 1. The Hall–Kier alpha value is 0.610. The first-order valence-electron chi connectivity index (χ1n) is 1.44. The van der Waals surface area contributed by atoms with E-state index in [-0.39, 0.29) is 9.28 Å². The van der Waals surface area contributed by atoms with E-state index in [0.717, 1.165) is 0 Å². The van der Waals surface area contributed by atoms with Gasteiger partial charge in [0.05, 0.1) is 4.05 Å². The standard InChI is InChI=1S/C2H5INO2/c1-2(3)4(5)6/h2,5H,1H3/q-1. The van der Waals surface area contributed by atoms with Gasteiger partial charge in [0.15, 0.2) is 0 Å². The molecule has 3 nitrogen and oxygen atoms in total. The summed E-state index contributed by atoms with van der Waals surface area (Å²) in [7, 11) is 0. The number of hydrogen-bond donors (Lipinski definition) is 1. The Morgan fingerprint density at radius 3 is 2.17 bits per heavy atom. The molecule has 0 saturated carbocycles. The van der Waals surface area contributed by atoms with Crippen molar-refractivity contribution < 1.29 is 5.21 Å². The van der Waals surface area contributed by atoms with Crippen molar-refractivity contribution in [1.82, 2.24) is 5.23 Å². The Morgan fingerprint density at radius 1 is 2.00 bits per heavy atom. The lowest BCUT2D eigenvalue weighted by Gasteiger charge is -2.21. The molecule has 0 aromatic heterocycles. The van der Waals surface area contributed by atoms with Crippen LogP contribution in [0.1, 0.15) is 6.92 Å². The van der Waals surface area contributed by atoms with Gasteiger partial charge in [-0.1, -0.05) is 22.6 Å². The van der Waals surface area contributed by atoms with Crippen LogP contribution in [0.3, 0.4) is 0 Å². The molecule has 6 heavy (non-hydrogen) atoms. The van der Waals surface area contributed by atoms with Crippen molar-refractivity contribution >= 4 is 22.6 Å². The average molecular weight is 202 g/mol. The highest BCUT2D eigenvalue weighted by Crippen LogP contribution is 1.99. The smallest absolute Gasteiger partial charge is 0.0703 e. The maximum atomic E-state index is 9.61. The summed E-state index contributed by atoms with van der Waals surface area (Å²) in [6, 6.07) is 0. The molecule has 0 aliphatic heterocycles. The van der Waals surface area contributed by atoms with E-state index in [1.54, 1.807) is 29.5 Å². The second-order valence-electron chi connectivity index (χ2n) is 0.877. The van der Waals surface area contributed by atoms with E-state index in [0.29, 0.717) is 0 Å². The largest absolute Gasteiger partial charge is 0.761 e. The van der Waals surface area contributed by atoms with Gasteiger partial charge in [-0.2, -0.15) is 0 Å². The molecule has 0 fully saturated rings. The summed E-state index contributed by atoms with van der Waals surface area (Å²) in [5, 5.41) is 17.4. The molecule has 4 heteroatoms. The fourth-order valence-corrected chi connectivity index (χ4v) is 0. The highest BCUT2D eigenvalue weighted by Gasteiger charge is 1.88. The van der Waals surface area contributed by atoms with E-state index in [9.17, 15) is 5.21 Å². The molecule has 38 valence electrons. The molecule has 0 saturated heterocycles. The van der Waals surface area contributed by atoms with Crippen LogP contribution in [-0.2, 0) is 0 Å². The molecule has 0 aliphatic carbocycles. The molecule has 0 heterocycles. The Bertz CT molecular complexity index is 32.5. The summed E-state index contributed by atoms with van der Waals surface area (Å²) >= 11 is 1.80. The van der Waals surface area contributed by atoms with E-state index in [4.69, 9.17) is 5.21 Å². The van der Waals surface area contributed by atoms with E-state index in [1.165, 1.54) is 0 Å². The molecular formula is C2H5INO2-. The fraction of sp³-hybridized carbons (Fsp3) is 1.00. The minimum Gasteiger partial charge on any atom is -0.761 e. The summed E-state index contributed by atoms with van der Waals surface area (Å²) < 4.78 is -0.345. The highest BCUT2D eigenvalue weighted by molar-refractivity contribution is 14.1. The zero-order valence-corrected chi connectivity index (χ0v) is 5.42. The fourth-order valence-electron chi connectivity index (χ4n) is 0. The second-order valence-corrected chi connectivity index (χ2v) is 2.68. The molecule has 0 aromatic rings. The van der Waals surface area contributed by atoms with Crippen molar-refractivity contribution in [1.29, 1.82) is 0 Å². The SMILES string of the molecule is CC(I)N([O-])O. The van der Waals surface area contributed by atoms with Gasteiger partial charge in [-0.3, -0.25) is 5.23 Å². The molecule has 0 bridgehead atoms. The van der Waals surface area contributed by atoms with Gasteiger partial charge < -0.3 is 10.4 Å². The predicted molar refractivity (Wildman–Crippen MR) is 30.5 cm³/mol. The lowest BCUT2D eigenvalue weighted by atomic mass is 10.8. The summed E-state index contributed by atoms with van der Waals surface area (Å²) in [6.07, 6.45) is 0. The number of hydrogen-bond acceptors (Lipinski definition) is 3. The number of halogens is 1. The van der Waals surface area contributed by atoms with Gasteiger partial charge in [-0.05, 0) is 6.92 Å². The minimum absolute atomic E-state index is 0.0967. The van der Waals surface area contributed by atoms with E-state index in [2.05, 4.69) is 0 Å². The summed E-state index contributed by atoms with van der Waals surface area (Å²) in [4.78, 5) is 0. The monoisotopic (exact) mass is 202 g/mol. The Kier molecular flexibility index (Phi) is 3.01. The summed E-state index contributed by atoms with van der Waals surface area (Å²) in [5.74, 6) is 0. The lowest BCUT2D eigenvalue weighted by molar-refractivity contribution is -0.0415. The molecule has 0 radical (unpaired) electrons. The zero-order chi connectivity index (χ0) is 5.15. The molecule has 0 amide bonds. The molecule has 1 atom stereocenters. The van der Waals surface area contributed by atoms with Crippen molar-refractivity contribution in [3.63, 3.8) is 0 Å². The second kappa shape index (κ2) is 2.73. The molecule has 0 aromatic carbocycles. The summed E-state index contributed by atoms with van der Waals surface area (Å²) in [6.45, 7) is 1.59. The maximum absolute atomic E-state index is 9.61. The van der Waals surface area contributed by atoms with E-state index >= 15 is 0 Å². The molecular weight excluding hydrogens is 197 g/mol. The molecule has 1 unspecified atom stereocenters. The third-order valence-electron chi connectivity index (χ3n) is 0.304. The number of rotatable bonds is 1. The zero-order valence-electron chi connectivity index (χ0n) is 3.26. The molecule has 0 spiro atoms. The van der Waals surface area contributed by atoms with Gasteiger partial charge in [0.25, 0.3) is 0 Å². The van der Waals surface area contributed by atoms with E-state index in [1.807, 2.05) is 0 Å². The third kappa shape index (κ3) is 2.83. The Balaban J connectivity index is 2.99. The van der Waals surface area contributed by atoms with Crippen LogP contribution in [0.25, 0.3) is 0 Å². The summed E-state index contributed by atoms with van der Waals surface area (Å²) in [5.41, 5.74) is 0. The topological polar surface area (TPSA) is 46.5 Å². The molecule has 0 aliphatic rings. The van der Waals surface area contributed by atoms with Crippen LogP contribution in [-0.4, -0.2) is 14.5 Å². The van der Waals surface area contributed by atoms with Gasteiger partial charge in [0.1, 0.15) is 0 Å². The van der Waals surface area contributed by atoms with Crippen molar-refractivity contribution in [3.05, 3.63) is 5.21 Å². The van der Waals surface area contributed by atoms with Crippen molar-refractivity contribution in [2.24, 2.45) is 0 Å². The first-order valence-corrected chi connectivity index (χ1v) is 2.68. The van der Waals surface area contributed by atoms with Crippen LogP contribution < -0.4 is 0 Å². The first kappa shape index (κ1) is 6.61. The Morgan fingerprint density at radius 2 is 2.17 bits per heavy atom. The van der Waals surface area contributed by atoms with Crippen LogP contribution in [0, 0.1) is 5.21 Å². The highest BCUT2D eigenvalue weighted by atomic mass is 127. The quantitative estimate of drug-likeness (QED) is 0.298. The van der Waals surface area contributed by atoms with Crippen molar-refractivity contribution in [2.75, 3.05) is 0 Å². The molecule has 0 rings (SSSR count).